The number of fused-ring (bicyclic) bond motifs is 9. The maximum absolute atomic E-state index is 13.2. The van der Waals surface area contributed by atoms with Gasteiger partial charge in [-0.1, -0.05) is 48.5 Å². The molecule has 5 nitrogen and oxygen atoms in total. The first kappa shape index (κ1) is 22.2. The molecule has 0 bridgehead atoms. The van der Waals surface area contributed by atoms with Crippen molar-refractivity contribution in [3.05, 3.63) is 138 Å². The predicted octanol–water partition coefficient (Wildman–Crippen LogP) is 8.54. The van der Waals surface area contributed by atoms with Crippen LogP contribution in [0.4, 0.5) is 0 Å². The minimum atomic E-state index is -0.0239. The zero-order valence-electron chi connectivity index (χ0n) is 21.8. The molecule has 0 aliphatic carbocycles. The van der Waals surface area contributed by atoms with Crippen molar-refractivity contribution in [2.45, 2.75) is 0 Å². The third-order valence-electron chi connectivity index (χ3n) is 8.16. The second-order valence-electron chi connectivity index (χ2n) is 10.4. The molecule has 0 radical (unpaired) electrons. The first-order chi connectivity index (χ1) is 20.3. The molecule has 0 aliphatic rings. The van der Waals surface area contributed by atoms with Crippen molar-refractivity contribution in [1.82, 2.24) is 14.1 Å². The fourth-order valence-corrected chi connectivity index (χ4v) is 6.44. The Hall–Kier alpha value is -5.68. The number of aromatic nitrogens is 3. The maximum Gasteiger partial charge on any atom is 0.200 e. The van der Waals surface area contributed by atoms with Crippen molar-refractivity contribution in [2.75, 3.05) is 0 Å². The molecule has 9 rings (SSSR count). The van der Waals surface area contributed by atoms with Crippen LogP contribution in [0.25, 0.3) is 77.1 Å². The second kappa shape index (κ2) is 8.16. The quantitative estimate of drug-likeness (QED) is 0.212. The summed E-state index contributed by atoms with van der Waals surface area (Å²) < 4.78 is 10.7. The van der Waals surface area contributed by atoms with E-state index in [-0.39, 0.29) is 5.43 Å². The molecule has 0 amide bonds. The van der Waals surface area contributed by atoms with E-state index in [1.807, 2.05) is 60.8 Å². The first-order valence-corrected chi connectivity index (χ1v) is 13.6. The largest absolute Gasteiger partial charge is 0.456 e. The Labute approximate surface area is 233 Å². The van der Waals surface area contributed by atoms with E-state index in [0.29, 0.717) is 21.9 Å². The van der Waals surface area contributed by atoms with Crippen LogP contribution in [0.3, 0.4) is 0 Å². The number of hydrogen-bond acceptors (Lipinski definition) is 3. The van der Waals surface area contributed by atoms with Gasteiger partial charge in [0.25, 0.3) is 0 Å². The summed E-state index contributed by atoms with van der Waals surface area (Å²) in [5.74, 6) is 0. The highest BCUT2D eigenvalue weighted by Crippen LogP contribution is 2.41. The maximum atomic E-state index is 13.2. The summed E-state index contributed by atoms with van der Waals surface area (Å²) in [5, 5.41) is 5.76. The molecule has 0 spiro atoms. The van der Waals surface area contributed by atoms with Gasteiger partial charge < -0.3 is 8.98 Å². The summed E-state index contributed by atoms with van der Waals surface area (Å²) in [6, 6.07) is 40.8. The standard InChI is InChI=1S/C36H21N3O2/c40-35-25-12-5-7-15-31(25)41-32-21-23(16-17-26(32)35)39-30-19-18-29-33(34(30)27-13-8-20-37-36(27)39)24-11-4-6-14-28(24)38(29)22-9-2-1-3-10-22/h1-21H. The summed E-state index contributed by atoms with van der Waals surface area (Å²) in [6.07, 6.45) is 1.83. The van der Waals surface area contributed by atoms with E-state index in [1.54, 1.807) is 0 Å². The van der Waals surface area contributed by atoms with Crippen LogP contribution >= 0.6 is 0 Å². The number of para-hydroxylation sites is 3. The highest BCUT2D eigenvalue weighted by molar-refractivity contribution is 6.28. The lowest BCUT2D eigenvalue weighted by Gasteiger charge is -2.09. The minimum Gasteiger partial charge on any atom is -0.456 e. The number of rotatable bonds is 2. The molecule has 5 aromatic carbocycles. The van der Waals surface area contributed by atoms with Gasteiger partial charge in [0.05, 0.1) is 33.0 Å². The SMILES string of the molecule is O=c1c2ccccc2oc2cc(-n3c4ccc5c(c6ccccc6n5-c5ccccc5)c4c4cccnc43)ccc12. The van der Waals surface area contributed by atoms with Gasteiger partial charge in [0, 0.05) is 39.5 Å². The lowest BCUT2D eigenvalue weighted by Crippen LogP contribution is -2.03. The average Bonchev–Trinajstić information content (AvgIpc) is 3.54. The first-order valence-electron chi connectivity index (χ1n) is 13.6. The number of hydrogen-bond donors (Lipinski definition) is 0. The summed E-state index contributed by atoms with van der Waals surface area (Å²) in [7, 11) is 0. The molecule has 4 aromatic heterocycles. The molecule has 0 saturated heterocycles. The van der Waals surface area contributed by atoms with Crippen LogP contribution in [0.5, 0.6) is 0 Å². The van der Waals surface area contributed by atoms with Crippen molar-refractivity contribution < 1.29 is 4.42 Å². The number of pyridine rings is 1. The smallest absolute Gasteiger partial charge is 0.200 e. The summed E-state index contributed by atoms with van der Waals surface area (Å²) in [4.78, 5) is 18.1. The van der Waals surface area contributed by atoms with Gasteiger partial charge in [-0.25, -0.2) is 4.98 Å². The predicted molar refractivity (Wildman–Crippen MR) is 166 cm³/mol. The highest BCUT2D eigenvalue weighted by atomic mass is 16.3. The van der Waals surface area contributed by atoms with E-state index in [0.717, 1.165) is 44.3 Å². The van der Waals surface area contributed by atoms with Crippen molar-refractivity contribution >= 4 is 65.7 Å². The second-order valence-corrected chi connectivity index (χ2v) is 10.4. The molecule has 41 heavy (non-hydrogen) atoms. The van der Waals surface area contributed by atoms with Crippen molar-refractivity contribution in [3.63, 3.8) is 0 Å². The van der Waals surface area contributed by atoms with Gasteiger partial charge in [-0.3, -0.25) is 9.36 Å². The van der Waals surface area contributed by atoms with Gasteiger partial charge in [0.2, 0.25) is 5.43 Å². The Morgan fingerprint density at radius 2 is 1.20 bits per heavy atom. The van der Waals surface area contributed by atoms with Crippen LogP contribution in [0, 0.1) is 0 Å². The van der Waals surface area contributed by atoms with Gasteiger partial charge in [-0.05, 0) is 66.7 Å². The molecule has 0 atom stereocenters. The van der Waals surface area contributed by atoms with Gasteiger partial charge in [0.15, 0.2) is 0 Å². The Balaban J connectivity index is 1.42. The molecule has 0 unspecified atom stereocenters. The Kier molecular flexibility index (Phi) is 4.41. The molecule has 0 saturated carbocycles. The molecular weight excluding hydrogens is 506 g/mol. The molecule has 192 valence electrons. The lowest BCUT2D eigenvalue weighted by molar-refractivity contribution is 0.659. The minimum absolute atomic E-state index is 0.0239. The summed E-state index contributed by atoms with van der Waals surface area (Å²) in [5.41, 5.74) is 7.33. The van der Waals surface area contributed by atoms with Crippen LogP contribution in [0.15, 0.2) is 137 Å². The van der Waals surface area contributed by atoms with Gasteiger partial charge >= 0.3 is 0 Å². The van der Waals surface area contributed by atoms with E-state index in [4.69, 9.17) is 9.40 Å². The van der Waals surface area contributed by atoms with Crippen LogP contribution in [-0.4, -0.2) is 14.1 Å². The normalized spacial score (nSPS) is 12.0. The van der Waals surface area contributed by atoms with Crippen LogP contribution in [0.2, 0.25) is 0 Å². The summed E-state index contributed by atoms with van der Waals surface area (Å²) >= 11 is 0. The van der Waals surface area contributed by atoms with Gasteiger partial charge in [-0.15, -0.1) is 0 Å². The molecule has 0 N–H and O–H groups in total. The van der Waals surface area contributed by atoms with E-state index in [2.05, 4.69) is 75.9 Å². The highest BCUT2D eigenvalue weighted by Gasteiger charge is 2.21. The van der Waals surface area contributed by atoms with Gasteiger partial charge in [-0.2, -0.15) is 0 Å². The molecule has 4 heterocycles. The van der Waals surface area contributed by atoms with Crippen LogP contribution in [0.1, 0.15) is 0 Å². The number of nitrogens with zero attached hydrogens (tertiary/aromatic N) is 3. The third kappa shape index (κ3) is 3.00. The monoisotopic (exact) mass is 527 g/mol. The zero-order chi connectivity index (χ0) is 27.1. The van der Waals surface area contributed by atoms with Crippen molar-refractivity contribution in [3.8, 4) is 11.4 Å². The lowest BCUT2D eigenvalue weighted by atomic mass is 10.1. The number of benzene rings is 5. The summed E-state index contributed by atoms with van der Waals surface area (Å²) in [6.45, 7) is 0. The van der Waals surface area contributed by atoms with E-state index in [1.165, 1.54) is 10.8 Å². The average molecular weight is 528 g/mol. The molecule has 0 aliphatic heterocycles. The molecular formula is C36H21N3O2. The fourth-order valence-electron chi connectivity index (χ4n) is 6.44. The van der Waals surface area contributed by atoms with Crippen LogP contribution < -0.4 is 5.43 Å². The Morgan fingerprint density at radius 3 is 2.07 bits per heavy atom. The van der Waals surface area contributed by atoms with E-state index >= 15 is 0 Å². The topological polar surface area (TPSA) is 53.0 Å². The van der Waals surface area contributed by atoms with E-state index in [9.17, 15) is 4.79 Å². The molecule has 9 aromatic rings. The Morgan fingerprint density at radius 1 is 0.512 bits per heavy atom. The van der Waals surface area contributed by atoms with E-state index < -0.39 is 0 Å². The zero-order valence-corrected chi connectivity index (χ0v) is 21.8. The van der Waals surface area contributed by atoms with Gasteiger partial charge in [0.1, 0.15) is 16.8 Å². The fraction of sp³-hybridized carbons (Fsp3) is 0. The molecule has 5 heteroatoms. The molecule has 0 fully saturated rings. The third-order valence-corrected chi connectivity index (χ3v) is 8.16. The van der Waals surface area contributed by atoms with Crippen LogP contribution in [-0.2, 0) is 0 Å². The van der Waals surface area contributed by atoms with Crippen molar-refractivity contribution in [2.24, 2.45) is 0 Å². The van der Waals surface area contributed by atoms with Crippen molar-refractivity contribution in [1.29, 1.82) is 0 Å². The Bertz CT molecular complexity index is 2550.